The van der Waals surface area contributed by atoms with Crippen molar-refractivity contribution in [2.75, 3.05) is 13.6 Å². The lowest BCUT2D eigenvalue weighted by Crippen LogP contribution is -2.31. The van der Waals surface area contributed by atoms with Crippen molar-refractivity contribution in [3.8, 4) is 0 Å². The lowest BCUT2D eigenvalue weighted by Gasteiger charge is -2.33. The van der Waals surface area contributed by atoms with Gasteiger partial charge in [0.2, 0.25) is 0 Å². The van der Waals surface area contributed by atoms with Gasteiger partial charge in [0.25, 0.3) is 0 Å². The number of fused-ring (bicyclic) bond motifs is 1. The molecule has 0 spiro atoms. The summed E-state index contributed by atoms with van der Waals surface area (Å²) >= 11 is 12.6. The Balaban J connectivity index is 2.11. The van der Waals surface area contributed by atoms with Crippen molar-refractivity contribution in [3.05, 3.63) is 63.1 Å². The minimum absolute atomic E-state index is 0.261. The molecule has 1 aliphatic heterocycles. The maximum Gasteiger partial charge on any atom is 0.0628 e. The van der Waals surface area contributed by atoms with Crippen LogP contribution in [0.1, 0.15) is 29.5 Å². The molecule has 4 heteroatoms. The molecule has 3 rings (SSSR count). The molecule has 2 nitrogen and oxygen atoms in total. The standard InChI is InChI=1S/C18H18Cl2N2/c1-3-21-14-6-4-5-12(7-14)16-10-22(2)11-17-15(16)8-13(19)9-18(17)20/h3-9,16H,10-11H2,1-2H3. The number of benzene rings is 2. The van der Waals surface area contributed by atoms with E-state index in [9.17, 15) is 0 Å². The molecule has 22 heavy (non-hydrogen) atoms. The van der Waals surface area contributed by atoms with E-state index in [1.54, 1.807) is 0 Å². The predicted octanol–water partition coefficient (Wildman–Crippen LogP) is 5.29. The quantitative estimate of drug-likeness (QED) is 0.682. The van der Waals surface area contributed by atoms with Crippen molar-refractivity contribution in [2.45, 2.75) is 19.4 Å². The SMILES string of the molecule is CC=Nc1cccc(C2CN(C)Cc3c(Cl)cc(Cl)cc32)c1. The van der Waals surface area contributed by atoms with E-state index in [2.05, 4.69) is 41.2 Å². The fourth-order valence-electron chi connectivity index (χ4n) is 3.10. The first-order valence-electron chi connectivity index (χ1n) is 7.33. The molecular formula is C18H18Cl2N2. The van der Waals surface area contributed by atoms with Gasteiger partial charge in [-0.1, -0.05) is 35.3 Å². The van der Waals surface area contributed by atoms with Gasteiger partial charge in [0.1, 0.15) is 0 Å². The molecule has 114 valence electrons. The maximum absolute atomic E-state index is 6.41. The Morgan fingerprint density at radius 1 is 1.23 bits per heavy atom. The molecule has 0 aromatic heterocycles. The number of hydrogen-bond donors (Lipinski definition) is 0. The zero-order valence-electron chi connectivity index (χ0n) is 12.7. The Hall–Kier alpha value is -1.35. The third-order valence-corrected chi connectivity index (χ3v) is 4.60. The monoisotopic (exact) mass is 332 g/mol. The first-order valence-corrected chi connectivity index (χ1v) is 8.09. The van der Waals surface area contributed by atoms with Crippen LogP contribution in [0, 0.1) is 0 Å². The highest BCUT2D eigenvalue weighted by atomic mass is 35.5. The molecule has 0 N–H and O–H groups in total. The Labute approximate surface area is 141 Å². The molecule has 0 bridgehead atoms. The zero-order valence-corrected chi connectivity index (χ0v) is 14.2. The predicted molar refractivity (Wildman–Crippen MR) is 94.9 cm³/mol. The van der Waals surface area contributed by atoms with Gasteiger partial charge in [-0.3, -0.25) is 4.99 Å². The highest BCUT2D eigenvalue weighted by Crippen LogP contribution is 2.39. The molecule has 0 aliphatic carbocycles. The van der Waals surface area contributed by atoms with Crippen LogP contribution in [0.3, 0.4) is 0 Å². The average molecular weight is 333 g/mol. The molecule has 2 aromatic rings. The van der Waals surface area contributed by atoms with Gasteiger partial charge in [-0.2, -0.15) is 0 Å². The second-order valence-corrected chi connectivity index (χ2v) is 6.53. The molecule has 1 heterocycles. The molecule has 0 fully saturated rings. The van der Waals surface area contributed by atoms with Crippen molar-refractivity contribution in [1.29, 1.82) is 0 Å². The zero-order chi connectivity index (χ0) is 15.7. The van der Waals surface area contributed by atoms with E-state index in [0.717, 1.165) is 23.8 Å². The van der Waals surface area contributed by atoms with Gasteiger partial charge in [0.05, 0.1) is 5.69 Å². The molecule has 1 aliphatic rings. The second kappa shape index (κ2) is 6.41. The van der Waals surface area contributed by atoms with E-state index in [0.29, 0.717) is 5.02 Å². The second-order valence-electron chi connectivity index (χ2n) is 5.69. The highest BCUT2D eigenvalue weighted by Gasteiger charge is 2.27. The molecule has 0 saturated heterocycles. The van der Waals surface area contributed by atoms with Gasteiger partial charge in [0, 0.05) is 35.3 Å². The van der Waals surface area contributed by atoms with Gasteiger partial charge in [-0.05, 0) is 54.9 Å². The number of aliphatic imine (C=N–C) groups is 1. The van der Waals surface area contributed by atoms with E-state index >= 15 is 0 Å². The van der Waals surface area contributed by atoms with E-state index in [-0.39, 0.29) is 5.92 Å². The first kappa shape index (κ1) is 15.5. The summed E-state index contributed by atoms with van der Waals surface area (Å²) in [5.41, 5.74) is 4.62. The highest BCUT2D eigenvalue weighted by molar-refractivity contribution is 6.35. The van der Waals surface area contributed by atoms with Crippen molar-refractivity contribution in [1.82, 2.24) is 4.90 Å². The van der Waals surface area contributed by atoms with Gasteiger partial charge in [-0.15, -0.1) is 0 Å². The van der Waals surface area contributed by atoms with Crippen LogP contribution >= 0.6 is 23.2 Å². The number of rotatable bonds is 2. The van der Waals surface area contributed by atoms with Gasteiger partial charge in [0.15, 0.2) is 0 Å². The third kappa shape index (κ3) is 3.05. The summed E-state index contributed by atoms with van der Waals surface area (Å²) in [4.78, 5) is 6.68. The van der Waals surface area contributed by atoms with E-state index < -0.39 is 0 Å². The Morgan fingerprint density at radius 2 is 2.05 bits per heavy atom. The maximum atomic E-state index is 6.41. The molecule has 0 saturated carbocycles. The van der Waals surface area contributed by atoms with Crippen molar-refractivity contribution in [3.63, 3.8) is 0 Å². The lowest BCUT2D eigenvalue weighted by molar-refractivity contribution is 0.295. The molecule has 1 unspecified atom stereocenters. The molecule has 0 radical (unpaired) electrons. The summed E-state index contributed by atoms with van der Waals surface area (Å²) in [6, 6.07) is 12.2. The third-order valence-electron chi connectivity index (χ3n) is 4.04. The minimum Gasteiger partial charge on any atom is -0.301 e. The molecule has 2 aromatic carbocycles. The van der Waals surface area contributed by atoms with Crippen molar-refractivity contribution >= 4 is 35.1 Å². The van der Waals surface area contributed by atoms with E-state index in [1.807, 2.05) is 25.3 Å². The summed E-state index contributed by atoms with van der Waals surface area (Å²) in [5, 5.41) is 1.45. The first-order chi connectivity index (χ1) is 10.6. The van der Waals surface area contributed by atoms with Crippen molar-refractivity contribution in [2.24, 2.45) is 4.99 Å². The van der Waals surface area contributed by atoms with Crippen LogP contribution < -0.4 is 0 Å². The summed E-state index contributed by atoms with van der Waals surface area (Å²) in [6.45, 7) is 3.73. The van der Waals surface area contributed by atoms with Gasteiger partial charge >= 0.3 is 0 Å². The fraction of sp³-hybridized carbons (Fsp3) is 0.278. The summed E-state index contributed by atoms with van der Waals surface area (Å²) in [7, 11) is 2.12. The largest absolute Gasteiger partial charge is 0.301 e. The number of hydrogen-bond acceptors (Lipinski definition) is 2. The molecule has 0 amide bonds. The normalized spacial score (nSPS) is 18.6. The van der Waals surface area contributed by atoms with Crippen LogP contribution in [-0.2, 0) is 6.54 Å². The lowest BCUT2D eigenvalue weighted by atomic mass is 9.84. The van der Waals surface area contributed by atoms with Gasteiger partial charge < -0.3 is 4.90 Å². The van der Waals surface area contributed by atoms with Crippen LogP contribution in [-0.4, -0.2) is 24.7 Å². The van der Waals surface area contributed by atoms with E-state index in [4.69, 9.17) is 23.2 Å². The topological polar surface area (TPSA) is 15.6 Å². The van der Waals surface area contributed by atoms with Crippen LogP contribution in [0.25, 0.3) is 0 Å². The Bertz CT molecular complexity index is 725. The average Bonchev–Trinajstić information content (AvgIpc) is 2.48. The summed E-state index contributed by atoms with van der Waals surface area (Å²) in [6.07, 6.45) is 1.81. The molecule has 1 atom stereocenters. The summed E-state index contributed by atoms with van der Waals surface area (Å²) in [5.74, 6) is 0.261. The number of likely N-dealkylation sites (N-methyl/N-ethyl adjacent to an activating group) is 1. The minimum atomic E-state index is 0.261. The van der Waals surface area contributed by atoms with Crippen LogP contribution in [0.15, 0.2) is 41.4 Å². The van der Waals surface area contributed by atoms with Crippen molar-refractivity contribution < 1.29 is 0 Å². The van der Waals surface area contributed by atoms with Gasteiger partial charge in [-0.25, -0.2) is 0 Å². The summed E-state index contributed by atoms with van der Waals surface area (Å²) < 4.78 is 0. The fourth-order valence-corrected chi connectivity index (χ4v) is 3.67. The van der Waals surface area contributed by atoms with Crippen LogP contribution in [0.4, 0.5) is 5.69 Å². The number of halogens is 2. The van der Waals surface area contributed by atoms with Crippen LogP contribution in [0.2, 0.25) is 10.0 Å². The Morgan fingerprint density at radius 3 is 2.82 bits per heavy atom. The van der Waals surface area contributed by atoms with E-state index in [1.165, 1.54) is 16.7 Å². The number of nitrogens with zero attached hydrogens (tertiary/aromatic N) is 2. The molecular weight excluding hydrogens is 315 g/mol. The Kier molecular flexibility index (Phi) is 4.53. The smallest absolute Gasteiger partial charge is 0.0628 e. The van der Waals surface area contributed by atoms with Crippen LogP contribution in [0.5, 0.6) is 0 Å².